The first-order chi connectivity index (χ1) is 8.49. The van der Waals surface area contributed by atoms with Gasteiger partial charge in [-0.15, -0.1) is 0 Å². The third-order valence-electron chi connectivity index (χ3n) is 2.20. The molecule has 0 atom stereocenters. The molecule has 0 radical (unpaired) electrons. The molecule has 0 fully saturated rings. The summed E-state index contributed by atoms with van der Waals surface area (Å²) in [5, 5.41) is 5.30. The van der Waals surface area contributed by atoms with Gasteiger partial charge < -0.3 is 10.6 Å². The van der Waals surface area contributed by atoms with Crippen LogP contribution in [-0.2, 0) is 16.0 Å². The summed E-state index contributed by atoms with van der Waals surface area (Å²) in [6.07, 6.45) is 0.260. The molecule has 1 rings (SSSR count). The molecular formula is C13H17BrN2O2. The lowest BCUT2D eigenvalue weighted by molar-refractivity contribution is -0.126. The predicted molar refractivity (Wildman–Crippen MR) is 74.1 cm³/mol. The minimum Gasteiger partial charge on any atom is -0.352 e. The highest BCUT2D eigenvalue weighted by atomic mass is 79.9. The van der Waals surface area contributed by atoms with Gasteiger partial charge in [-0.25, -0.2) is 0 Å². The van der Waals surface area contributed by atoms with Gasteiger partial charge in [-0.05, 0) is 25.5 Å². The normalized spacial score (nSPS) is 10.2. The van der Waals surface area contributed by atoms with Crippen LogP contribution in [-0.4, -0.2) is 24.4 Å². The number of nitrogens with one attached hydrogen (secondary N) is 2. The number of halogens is 1. The smallest absolute Gasteiger partial charge is 0.239 e. The van der Waals surface area contributed by atoms with Crippen LogP contribution in [0.15, 0.2) is 28.7 Å². The fourth-order valence-electron chi connectivity index (χ4n) is 1.43. The van der Waals surface area contributed by atoms with Gasteiger partial charge >= 0.3 is 0 Å². The monoisotopic (exact) mass is 312 g/mol. The van der Waals surface area contributed by atoms with Gasteiger partial charge in [-0.3, -0.25) is 9.59 Å². The van der Waals surface area contributed by atoms with Gasteiger partial charge in [-0.1, -0.05) is 34.1 Å². The van der Waals surface area contributed by atoms with E-state index in [9.17, 15) is 9.59 Å². The van der Waals surface area contributed by atoms with Crippen molar-refractivity contribution in [3.63, 3.8) is 0 Å². The van der Waals surface area contributed by atoms with Gasteiger partial charge in [0.15, 0.2) is 0 Å². The molecule has 5 heteroatoms. The molecule has 0 aromatic heterocycles. The molecule has 0 aliphatic rings. The summed E-state index contributed by atoms with van der Waals surface area (Å²) in [5.74, 6) is -0.341. The van der Waals surface area contributed by atoms with E-state index in [1.54, 1.807) is 0 Å². The number of amides is 2. The molecule has 0 saturated heterocycles. The van der Waals surface area contributed by atoms with E-state index in [0.717, 1.165) is 10.0 Å². The SMILES string of the molecule is CC(C)NC(=O)CNC(=O)Cc1ccccc1Br. The van der Waals surface area contributed by atoms with E-state index in [4.69, 9.17) is 0 Å². The van der Waals surface area contributed by atoms with Crippen LogP contribution >= 0.6 is 15.9 Å². The summed E-state index contributed by atoms with van der Waals surface area (Å²) in [6.45, 7) is 3.77. The average molecular weight is 313 g/mol. The fraction of sp³-hybridized carbons (Fsp3) is 0.385. The molecule has 98 valence electrons. The molecule has 1 aromatic carbocycles. The molecule has 18 heavy (non-hydrogen) atoms. The second kappa shape index (κ2) is 7.16. The number of carbonyl (C=O) groups is 2. The largest absolute Gasteiger partial charge is 0.352 e. The minimum atomic E-state index is -0.175. The van der Waals surface area contributed by atoms with Crippen LogP contribution in [0.4, 0.5) is 0 Å². The van der Waals surface area contributed by atoms with E-state index in [0.29, 0.717) is 0 Å². The Balaban J connectivity index is 2.39. The summed E-state index contributed by atoms with van der Waals surface area (Å²) in [4.78, 5) is 23.0. The standard InChI is InChI=1S/C13H17BrN2O2/c1-9(2)16-13(18)8-15-12(17)7-10-5-3-4-6-11(10)14/h3-6,9H,7-8H2,1-2H3,(H,15,17)(H,16,18). The Morgan fingerprint density at radius 2 is 1.89 bits per heavy atom. The Kier molecular flexibility index (Phi) is 5.85. The van der Waals surface area contributed by atoms with Crippen LogP contribution in [0.2, 0.25) is 0 Å². The van der Waals surface area contributed by atoms with E-state index in [1.807, 2.05) is 38.1 Å². The zero-order chi connectivity index (χ0) is 13.5. The lowest BCUT2D eigenvalue weighted by atomic mass is 10.1. The first kappa shape index (κ1) is 14.7. The molecule has 0 bridgehead atoms. The molecule has 2 N–H and O–H groups in total. The summed E-state index contributed by atoms with van der Waals surface area (Å²) < 4.78 is 0.895. The minimum absolute atomic E-state index is 0.0153. The third kappa shape index (κ3) is 5.31. The van der Waals surface area contributed by atoms with Crippen molar-refractivity contribution in [2.24, 2.45) is 0 Å². The van der Waals surface area contributed by atoms with Gasteiger partial charge in [0.1, 0.15) is 0 Å². The second-order valence-electron chi connectivity index (χ2n) is 4.27. The van der Waals surface area contributed by atoms with Gasteiger partial charge in [0.2, 0.25) is 11.8 Å². The van der Waals surface area contributed by atoms with Crippen molar-refractivity contribution < 1.29 is 9.59 Å². The van der Waals surface area contributed by atoms with E-state index in [2.05, 4.69) is 26.6 Å². The quantitative estimate of drug-likeness (QED) is 0.868. The van der Waals surface area contributed by atoms with Crippen molar-refractivity contribution in [3.8, 4) is 0 Å². The van der Waals surface area contributed by atoms with Gasteiger partial charge in [0.25, 0.3) is 0 Å². The lowest BCUT2D eigenvalue weighted by Gasteiger charge is -2.09. The van der Waals surface area contributed by atoms with Gasteiger partial charge in [0.05, 0.1) is 13.0 Å². The van der Waals surface area contributed by atoms with Crippen LogP contribution < -0.4 is 10.6 Å². The van der Waals surface area contributed by atoms with Crippen LogP contribution in [0, 0.1) is 0 Å². The van der Waals surface area contributed by atoms with Crippen molar-refractivity contribution >= 4 is 27.7 Å². The highest BCUT2D eigenvalue weighted by molar-refractivity contribution is 9.10. The van der Waals surface area contributed by atoms with E-state index in [1.165, 1.54) is 0 Å². The van der Waals surface area contributed by atoms with Crippen molar-refractivity contribution in [3.05, 3.63) is 34.3 Å². The Morgan fingerprint density at radius 3 is 2.50 bits per heavy atom. The Morgan fingerprint density at radius 1 is 1.22 bits per heavy atom. The van der Waals surface area contributed by atoms with Crippen molar-refractivity contribution in [2.45, 2.75) is 26.3 Å². The van der Waals surface area contributed by atoms with Crippen LogP contribution in [0.3, 0.4) is 0 Å². The summed E-state index contributed by atoms with van der Waals surface area (Å²) in [7, 11) is 0. The summed E-state index contributed by atoms with van der Waals surface area (Å²) in [6, 6.07) is 7.60. The van der Waals surface area contributed by atoms with Crippen molar-refractivity contribution in [2.75, 3.05) is 6.54 Å². The Labute approximate surface area is 115 Å². The molecule has 0 aliphatic heterocycles. The molecule has 0 aliphatic carbocycles. The maximum absolute atomic E-state index is 11.6. The zero-order valence-electron chi connectivity index (χ0n) is 10.5. The molecule has 0 unspecified atom stereocenters. The maximum Gasteiger partial charge on any atom is 0.239 e. The predicted octanol–water partition coefficient (Wildman–Crippen LogP) is 1.63. The number of hydrogen-bond acceptors (Lipinski definition) is 2. The molecule has 0 heterocycles. The van der Waals surface area contributed by atoms with Gasteiger partial charge in [0, 0.05) is 10.5 Å². The maximum atomic E-state index is 11.6. The third-order valence-corrected chi connectivity index (χ3v) is 2.98. The van der Waals surface area contributed by atoms with Crippen LogP contribution in [0.25, 0.3) is 0 Å². The molecule has 0 spiro atoms. The molecule has 4 nitrogen and oxygen atoms in total. The molecule has 2 amide bonds. The fourth-order valence-corrected chi connectivity index (χ4v) is 1.85. The highest BCUT2D eigenvalue weighted by Gasteiger charge is 2.08. The first-order valence-electron chi connectivity index (χ1n) is 5.78. The van der Waals surface area contributed by atoms with E-state index < -0.39 is 0 Å². The number of rotatable bonds is 5. The van der Waals surface area contributed by atoms with Crippen LogP contribution in [0.1, 0.15) is 19.4 Å². The number of benzene rings is 1. The lowest BCUT2D eigenvalue weighted by Crippen LogP contribution is -2.40. The number of hydrogen-bond donors (Lipinski definition) is 2. The van der Waals surface area contributed by atoms with Crippen LogP contribution in [0.5, 0.6) is 0 Å². The van der Waals surface area contributed by atoms with E-state index >= 15 is 0 Å². The second-order valence-corrected chi connectivity index (χ2v) is 5.12. The summed E-state index contributed by atoms with van der Waals surface area (Å²) >= 11 is 3.38. The van der Waals surface area contributed by atoms with Gasteiger partial charge in [-0.2, -0.15) is 0 Å². The Bertz CT molecular complexity index is 433. The Hall–Kier alpha value is -1.36. The number of carbonyl (C=O) groups excluding carboxylic acids is 2. The highest BCUT2D eigenvalue weighted by Crippen LogP contribution is 2.15. The van der Waals surface area contributed by atoms with Crippen molar-refractivity contribution in [1.82, 2.24) is 10.6 Å². The topological polar surface area (TPSA) is 58.2 Å². The van der Waals surface area contributed by atoms with E-state index in [-0.39, 0.29) is 30.8 Å². The molecule has 1 aromatic rings. The zero-order valence-corrected chi connectivity index (χ0v) is 12.1. The molecular weight excluding hydrogens is 296 g/mol. The van der Waals surface area contributed by atoms with Crippen molar-refractivity contribution in [1.29, 1.82) is 0 Å². The molecule has 0 saturated carbocycles. The average Bonchev–Trinajstić information content (AvgIpc) is 2.29. The summed E-state index contributed by atoms with van der Waals surface area (Å²) in [5.41, 5.74) is 0.902. The first-order valence-corrected chi connectivity index (χ1v) is 6.58.